The minimum atomic E-state index is 0.0108. The first-order valence-electron chi connectivity index (χ1n) is 11.1. The summed E-state index contributed by atoms with van der Waals surface area (Å²) in [5.41, 5.74) is 4.16. The van der Waals surface area contributed by atoms with Crippen LogP contribution in [-0.2, 0) is 24.3 Å². The van der Waals surface area contributed by atoms with Gasteiger partial charge >= 0.3 is 0 Å². The fourth-order valence-electron chi connectivity index (χ4n) is 3.52. The number of aromatic nitrogens is 4. The highest BCUT2D eigenvalue weighted by Gasteiger charge is 2.17. The lowest BCUT2D eigenvalue weighted by molar-refractivity contribution is -0.132. The van der Waals surface area contributed by atoms with Gasteiger partial charge in [-0.05, 0) is 40.8 Å². The molecule has 0 saturated carbocycles. The molecule has 0 aliphatic heterocycles. The van der Waals surface area contributed by atoms with Crippen LogP contribution in [-0.4, -0.2) is 30.9 Å². The van der Waals surface area contributed by atoms with Crippen LogP contribution in [0, 0.1) is 0 Å². The van der Waals surface area contributed by atoms with Crippen molar-refractivity contribution in [1.82, 2.24) is 25.0 Å². The van der Waals surface area contributed by atoms with Gasteiger partial charge in [0, 0.05) is 56.3 Å². The molecule has 7 heteroatoms. The van der Waals surface area contributed by atoms with E-state index in [2.05, 4.69) is 46.1 Å². The summed E-state index contributed by atoms with van der Waals surface area (Å²) in [6.45, 7) is 5.29. The van der Waals surface area contributed by atoms with E-state index in [-0.39, 0.29) is 12.3 Å². The molecule has 3 heterocycles. The second-order valence-electron chi connectivity index (χ2n) is 8.25. The van der Waals surface area contributed by atoms with Crippen LogP contribution in [0.25, 0.3) is 11.4 Å². The Morgan fingerprint density at radius 1 is 0.939 bits per heavy atom. The molecule has 168 valence electrons. The van der Waals surface area contributed by atoms with Gasteiger partial charge in [0.25, 0.3) is 0 Å². The molecule has 0 spiro atoms. The Labute approximate surface area is 193 Å². The molecule has 0 fully saturated rings. The number of amides is 1. The molecule has 0 aliphatic rings. The lowest BCUT2D eigenvalue weighted by Crippen LogP contribution is -2.30. The van der Waals surface area contributed by atoms with E-state index in [0.29, 0.717) is 37.1 Å². The lowest BCUT2D eigenvalue weighted by atomic mass is 10.0. The highest BCUT2D eigenvalue weighted by atomic mass is 16.5. The van der Waals surface area contributed by atoms with Crippen molar-refractivity contribution in [2.45, 2.75) is 45.7 Å². The van der Waals surface area contributed by atoms with Crippen LogP contribution in [0.15, 0.2) is 77.8 Å². The number of rotatable bonds is 9. The summed E-state index contributed by atoms with van der Waals surface area (Å²) in [6.07, 6.45) is 7.63. The molecule has 0 radical (unpaired) electrons. The molecule has 0 atom stereocenters. The quantitative estimate of drug-likeness (QED) is 0.370. The fraction of sp³-hybridized carbons (Fsp3) is 0.269. The summed E-state index contributed by atoms with van der Waals surface area (Å²) >= 11 is 0. The van der Waals surface area contributed by atoms with Crippen LogP contribution in [0.5, 0.6) is 0 Å². The van der Waals surface area contributed by atoms with Crippen LogP contribution in [0.4, 0.5) is 0 Å². The van der Waals surface area contributed by atoms with E-state index in [0.717, 1.165) is 16.7 Å². The van der Waals surface area contributed by atoms with Gasteiger partial charge in [-0.25, -0.2) is 0 Å². The number of nitrogens with zero attached hydrogens (tertiary/aromatic N) is 5. The standard InChI is InChI=1S/C26H27N5O2/c1-19(2)22-5-7-23(8-6-22)26-29-24(33-30-26)9-10-25(32)31(17-20-11-14-27-15-12-20)18-21-4-3-13-28-16-21/h3-8,11-16,19H,9-10,17-18H2,1-2H3. The smallest absolute Gasteiger partial charge is 0.227 e. The van der Waals surface area contributed by atoms with E-state index in [9.17, 15) is 4.79 Å². The summed E-state index contributed by atoms with van der Waals surface area (Å²) in [5.74, 6) is 1.47. The lowest BCUT2D eigenvalue weighted by Gasteiger charge is -2.22. The molecule has 0 aliphatic carbocycles. The van der Waals surface area contributed by atoms with E-state index >= 15 is 0 Å². The van der Waals surface area contributed by atoms with Crippen LogP contribution in [0.3, 0.4) is 0 Å². The Balaban J connectivity index is 1.41. The Morgan fingerprint density at radius 2 is 1.70 bits per heavy atom. The highest BCUT2D eigenvalue weighted by molar-refractivity contribution is 5.76. The van der Waals surface area contributed by atoms with Gasteiger partial charge in [-0.2, -0.15) is 4.98 Å². The Hall–Kier alpha value is -3.87. The molecule has 4 rings (SSSR count). The number of carbonyl (C=O) groups excluding carboxylic acids is 1. The van der Waals surface area contributed by atoms with Crippen molar-refractivity contribution in [2.24, 2.45) is 0 Å². The topological polar surface area (TPSA) is 85.0 Å². The van der Waals surface area contributed by atoms with Crippen LogP contribution < -0.4 is 0 Å². The zero-order valence-corrected chi connectivity index (χ0v) is 18.9. The first kappa shape index (κ1) is 22.3. The number of aryl methyl sites for hydroxylation is 1. The normalized spacial score (nSPS) is 11.0. The number of pyridine rings is 2. The highest BCUT2D eigenvalue weighted by Crippen LogP contribution is 2.21. The van der Waals surface area contributed by atoms with Gasteiger partial charge in [0.05, 0.1) is 0 Å². The Morgan fingerprint density at radius 3 is 2.39 bits per heavy atom. The zero-order valence-electron chi connectivity index (χ0n) is 18.9. The van der Waals surface area contributed by atoms with Gasteiger partial charge in [-0.3, -0.25) is 14.8 Å². The molecule has 7 nitrogen and oxygen atoms in total. The summed E-state index contributed by atoms with van der Waals surface area (Å²) < 4.78 is 5.41. The average molecular weight is 442 g/mol. The van der Waals surface area contributed by atoms with Crippen molar-refractivity contribution in [2.75, 3.05) is 0 Å². The van der Waals surface area contributed by atoms with Gasteiger partial charge < -0.3 is 9.42 Å². The zero-order chi connectivity index (χ0) is 23.0. The van der Waals surface area contributed by atoms with Crippen LogP contribution >= 0.6 is 0 Å². The monoisotopic (exact) mass is 441 g/mol. The Kier molecular flexibility index (Phi) is 7.19. The number of benzene rings is 1. The second-order valence-corrected chi connectivity index (χ2v) is 8.25. The van der Waals surface area contributed by atoms with Gasteiger partial charge in [0.15, 0.2) is 0 Å². The molecule has 0 unspecified atom stereocenters. The summed E-state index contributed by atoms with van der Waals surface area (Å²) in [5, 5.41) is 4.09. The fourth-order valence-corrected chi connectivity index (χ4v) is 3.52. The number of carbonyl (C=O) groups is 1. The van der Waals surface area contributed by atoms with Gasteiger partial charge in [0.2, 0.25) is 17.6 Å². The predicted molar refractivity (Wildman–Crippen MR) is 125 cm³/mol. The van der Waals surface area contributed by atoms with E-state index in [4.69, 9.17) is 4.52 Å². The largest absolute Gasteiger partial charge is 0.339 e. The predicted octanol–water partition coefficient (Wildman–Crippen LogP) is 4.81. The van der Waals surface area contributed by atoms with E-state index < -0.39 is 0 Å². The third-order valence-electron chi connectivity index (χ3n) is 5.43. The van der Waals surface area contributed by atoms with Crippen molar-refractivity contribution >= 4 is 5.91 Å². The maximum Gasteiger partial charge on any atom is 0.227 e. The van der Waals surface area contributed by atoms with E-state index in [1.54, 1.807) is 24.8 Å². The molecule has 0 saturated heterocycles. The van der Waals surface area contributed by atoms with Crippen molar-refractivity contribution in [3.05, 3.63) is 95.9 Å². The molecule has 3 aromatic heterocycles. The van der Waals surface area contributed by atoms with Crippen molar-refractivity contribution in [1.29, 1.82) is 0 Å². The minimum absolute atomic E-state index is 0.0108. The Bertz CT molecular complexity index is 1120. The third-order valence-corrected chi connectivity index (χ3v) is 5.43. The minimum Gasteiger partial charge on any atom is -0.339 e. The first-order chi connectivity index (χ1) is 16.1. The van der Waals surface area contributed by atoms with Gasteiger partial charge in [-0.1, -0.05) is 49.3 Å². The summed E-state index contributed by atoms with van der Waals surface area (Å²) in [4.78, 5) is 27.6. The average Bonchev–Trinajstić information content (AvgIpc) is 3.32. The molecular weight excluding hydrogens is 414 g/mol. The maximum atomic E-state index is 13.1. The van der Waals surface area contributed by atoms with E-state index in [1.165, 1.54) is 5.56 Å². The molecule has 0 N–H and O–H groups in total. The number of hydrogen-bond acceptors (Lipinski definition) is 6. The van der Waals surface area contributed by atoms with Crippen molar-refractivity contribution in [3.8, 4) is 11.4 Å². The molecule has 33 heavy (non-hydrogen) atoms. The second kappa shape index (κ2) is 10.6. The molecule has 1 amide bonds. The van der Waals surface area contributed by atoms with Gasteiger partial charge in [0.1, 0.15) is 0 Å². The summed E-state index contributed by atoms with van der Waals surface area (Å²) in [6, 6.07) is 15.8. The molecule has 1 aromatic carbocycles. The molecule has 4 aromatic rings. The van der Waals surface area contributed by atoms with Gasteiger partial charge in [-0.15, -0.1) is 0 Å². The summed E-state index contributed by atoms with van der Waals surface area (Å²) in [7, 11) is 0. The SMILES string of the molecule is CC(C)c1ccc(-c2noc(CCC(=O)N(Cc3ccncc3)Cc3cccnc3)n2)cc1. The molecule has 0 bridgehead atoms. The third kappa shape index (κ3) is 6.10. The maximum absolute atomic E-state index is 13.1. The number of hydrogen-bond donors (Lipinski definition) is 0. The van der Waals surface area contributed by atoms with Crippen molar-refractivity contribution < 1.29 is 9.32 Å². The van der Waals surface area contributed by atoms with Crippen LogP contribution in [0.1, 0.15) is 48.8 Å². The van der Waals surface area contributed by atoms with Crippen molar-refractivity contribution in [3.63, 3.8) is 0 Å². The van der Waals surface area contributed by atoms with E-state index in [1.807, 2.05) is 41.3 Å². The van der Waals surface area contributed by atoms with Crippen LogP contribution in [0.2, 0.25) is 0 Å². The molecular formula is C26H27N5O2. The first-order valence-corrected chi connectivity index (χ1v) is 11.1.